The highest BCUT2D eigenvalue weighted by Crippen LogP contribution is 2.11. The maximum absolute atomic E-state index is 11.8. The molecule has 0 spiro atoms. The monoisotopic (exact) mass is 214 g/mol. The van der Waals surface area contributed by atoms with Crippen LogP contribution >= 0.6 is 0 Å². The average Bonchev–Trinajstić information content (AvgIpc) is 2.17. The van der Waals surface area contributed by atoms with E-state index in [0.29, 0.717) is 0 Å². The summed E-state index contributed by atoms with van der Waals surface area (Å²) in [4.78, 5) is 24.4. The van der Waals surface area contributed by atoms with Crippen LogP contribution in [-0.2, 0) is 9.59 Å². The molecule has 0 atom stereocenters. The summed E-state index contributed by atoms with van der Waals surface area (Å²) >= 11 is 0. The normalized spacial score (nSPS) is 13.0. The number of likely N-dealkylation sites (N-methyl/N-ethyl adjacent to an activating group) is 2. The van der Waals surface area contributed by atoms with Gasteiger partial charge in [-0.05, 0) is 41.8 Å². The molecule has 0 unspecified atom stereocenters. The predicted octanol–water partition coefficient (Wildman–Crippen LogP) is 0.463. The van der Waals surface area contributed by atoms with Crippen molar-refractivity contribution in [3.63, 3.8) is 0 Å². The van der Waals surface area contributed by atoms with Gasteiger partial charge in [-0.1, -0.05) is 0 Å². The van der Waals surface area contributed by atoms with Gasteiger partial charge < -0.3 is 10.1 Å². The predicted molar refractivity (Wildman–Crippen MR) is 60.9 cm³/mol. The van der Waals surface area contributed by atoms with Crippen LogP contribution in [0.5, 0.6) is 0 Å². The highest BCUT2D eigenvalue weighted by atomic mass is 16.1. The molecule has 0 aliphatic carbocycles. The molecule has 0 amide bonds. The second-order valence-corrected chi connectivity index (χ2v) is 4.93. The van der Waals surface area contributed by atoms with E-state index in [9.17, 15) is 9.59 Å². The Morgan fingerprint density at radius 1 is 1.33 bits per heavy atom. The number of hydrogen-bond acceptors (Lipinski definition) is 4. The second kappa shape index (κ2) is 4.86. The molecule has 0 saturated carbocycles. The standard InChI is InChI=1S/C11H22N2O2/c1-10(2,8-14)13(6)7-9(15)11(3,4)12-5/h8,12H,7H2,1-6H3. The summed E-state index contributed by atoms with van der Waals surface area (Å²) in [6.07, 6.45) is 0.854. The molecule has 4 heteroatoms. The van der Waals surface area contributed by atoms with Crippen molar-refractivity contribution in [3.05, 3.63) is 0 Å². The van der Waals surface area contributed by atoms with Crippen LogP contribution in [0.1, 0.15) is 27.7 Å². The molecular weight excluding hydrogens is 192 g/mol. The van der Waals surface area contributed by atoms with Crippen molar-refractivity contribution < 1.29 is 9.59 Å². The fraction of sp³-hybridized carbons (Fsp3) is 0.818. The third kappa shape index (κ3) is 3.72. The highest BCUT2D eigenvalue weighted by molar-refractivity contribution is 5.89. The second-order valence-electron chi connectivity index (χ2n) is 4.93. The molecular formula is C11H22N2O2. The van der Waals surface area contributed by atoms with Crippen LogP contribution < -0.4 is 5.32 Å². The summed E-state index contributed by atoms with van der Waals surface area (Å²) in [5.41, 5.74) is -1.15. The molecule has 0 aliphatic rings. The summed E-state index contributed by atoms with van der Waals surface area (Å²) in [6, 6.07) is 0. The molecule has 0 radical (unpaired) electrons. The van der Waals surface area contributed by atoms with E-state index in [2.05, 4.69) is 5.32 Å². The van der Waals surface area contributed by atoms with E-state index in [1.165, 1.54) is 0 Å². The molecule has 4 nitrogen and oxygen atoms in total. The van der Waals surface area contributed by atoms with Gasteiger partial charge in [0.1, 0.15) is 6.29 Å². The fourth-order valence-corrected chi connectivity index (χ4v) is 0.846. The number of rotatable bonds is 6. The summed E-state index contributed by atoms with van der Waals surface area (Å²) in [5, 5.41) is 2.95. The lowest BCUT2D eigenvalue weighted by Gasteiger charge is -2.32. The summed E-state index contributed by atoms with van der Waals surface area (Å²) in [5.74, 6) is 0.0717. The third-order valence-corrected chi connectivity index (χ3v) is 2.98. The van der Waals surface area contributed by atoms with Gasteiger partial charge in [0.15, 0.2) is 5.78 Å². The van der Waals surface area contributed by atoms with Crippen molar-refractivity contribution in [2.45, 2.75) is 38.8 Å². The molecule has 0 saturated heterocycles. The lowest BCUT2D eigenvalue weighted by atomic mass is 9.97. The van der Waals surface area contributed by atoms with Crippen LogP contribution in [0.25, 0.3) is 0 Å². The van der Waals surface area contributed by atoms with E-state index in [0.717, 1.165) is 6.29 Å². The van der Waals surface area contributed by atoms with Gasteiger partial charge in [0.2, 0.25) is 0 Å². The van der Waals surface area contributed by atoms with Crippen LogP contribution in [0.2, 0.25) is 0 Å². The Morgan fingerprint density at radius 2 is 1.80 bits per heavy atom. The van der Waals surface area contributed by atoms with Crippen molar-refractivity contribution >= 4 is 12.1 Å². The molecule has 0 rings (SSSR count). The first-order valence-corrected chi connectivity index (χ1v) is 5.07. The van der Waals surface area contributed by atoms with E-state index >= 15 is 0 Å². The fourth-order valence-electron chi connectivity index (χ4n) is 0.846. The Kier molecular flexibility index (Phi) is 4.62. The van der Waals surface area contributed by atoms with E-state index in [-0.39, 0.29) is 12.3 Å². The molecule has 15 heavy (non-hydrogen) atoms. The summed E-state index contributed by atoms with van der Waals surface area (Å²) < 4.78 is 0. The SMILES string of the molecule is CNC(C)(C)C(=O)CN(C)C(C)(C)C=O. The average molecular weight is 214 g/mol. The van der Waals surface area contributed by atoms with Crippen molar-refractivity contribution in [1.82, 2.24) is 10.2 Å². The topological polar surface area (TPSA) is 49.4 Å². The molecule has 88 valence electrons. The van der Waals surface area contributed by atoms with Crippen LogP contribution in [-0.4, -0.2) is 48.7 Å². The minimum atomic E-state index is -0.598. The van der Waals surface area contributed by atoms with Gasteiger partial charge in [-0.25, -0.2) is 0 Å². The van der Waals surface area contributed by atoms with Gasteiger partial charge in [-0.15, -0.1) is 0 Å². The van der Waals surface area contributed by atoms with Crippen LogP contribution in [0.3, 0.4) is 0 Å². The first kappa shape index (κ1) is 14.3. The van der Waals surface area contributed by atoms with Crippen LogP contribution in [0.15, 0.2) is 0 Å². The van der Waals surface area contributed by atoms with Crippen LogP contribution in [0, 0.1) is 0 Å². The number of aldehydes is 1. The van der Waals surface area contributed by atoms with E-state index in [1.54, 1.807) is 32.8 Å². The van der Waals surface area contributed by atoms with Gasteiger partial charge in [0.25, 0.3) is 0 Å². The first-order valence-electron chi connectivity index (χ1n) is 5.07. The van der Waals surface area contributed by atoms with Crippen molar-refractivity contribution in [3.8, 4) is 0 Å². The molecule has 0 bridgehead atoms. The summed E-state index contributed by atoms with van der Waals surface area (Å²) in [6.45, 7) is 7.51. The van der Waals surface area contributed by atoms with Crippen molar-refractivity contribution in [2.75, 3.05) is 20.6 Å². The number of carbonyl (C=O) groups is 2. The zero-order valence-electron chi connectivity index (χ0n) is 10.5. The molecule has 1 N–H and O–H groups in total. The molecule has 0 heterocycles. The zero-order chi connectivity index (χ0) is 12.3. The Labute approximate surface area is 92.0 Å². The molecule has 0 aromatic rings. The quantitative estimate of drug-likeness (QED) is 0.653. The van der Waals surface area contributed by atoms with Crippen molar-refractivity contribution in [2.24, 2.45) is 0 Å². The van der Waals surface area contributed by atoms with E-state index in [4.69, 9.17) is 0 Å². The van der Waals surface area contributed by atoms with E-state index in [1.807, 2.05) is 13.8 Å². The molecule has 0 aromatic heterocycles. The Balaban J connectivity index is 4.50. The first-order chi connectivity index (χ1) is 6.67. The molecule has 0 aliphatic heterocycles. The number of nitrogens with one attached hydrogen (secondary N) is 1. The lowest BCUT2D eigenvalue weighted by Crippen LogP contribution is -2.53. The van der Waals surface area contributed by atoms with Gasteiger partial charge in [-0.3, -0.25) is 9.69 Å². The summed E-state index contributed by atoms with van der Waals surface area (Å²) in [7, 11) is 3.53. The maximum Gasteiger partial charge on any atom is 0.166 e. The largest absolute Gasteiger partial charge is 0.308 e. The van der Waals surface area contributed by atoms with Gasteiger partial charge >= 0.3 is 0 Å². The minimum Gasteiger partial charge on any atom is -0.308 e. The van der Waals surface area contributed by atoms with Gasteiger partial charge in [0, 0.05) is 0 Å². The number of Topliss-reactive ketones (excluding diaryl/α,β-unsaturated/α-hetero) is 1. The highest BCUT2D eigenvalue weighted by Gasteiger charge is 2.30. The zero-order valence-corrected chi connectivity index (χ0v) is 10.5. The van der Waals surface area contributed by atoms with E-state index < -0.39 is 11.1 Å². The maximum atomic E-state index is 11.8. The molecule has 0 aromatic carbocycles. The number of ketones is 1. The molecule has 0 fully saturated rings. The number of hydrogen-bond donors (Lipinski definition) is 1. The minimum absolute atomic E-state index is 0.0717. The Hall–Kier alpha value is -0.740. The third-order valence-electron chi connectivity index (χ3n) is 2.98. The van der Waals surface area contributed by atoms with Crippen LogP contribution in [0.4, 0.5) is 0 Å². The Bertz CT molecular complexity index is 247. The smallest absolute Gasteiger partial charge is 0.166 e. The number of nitrogens with zero attached hydrogens (tertiary/aromatic N) is 1. The lowest BCUT2D eigenvalue weighted by molar-refractivity contribution is -0.127. The van der Waals surface area contributed by atoms with Gasteiger partial charge in [-0.2, -0.15) is 0 Å². The van der Waals surface area contributed by atoms with Gasteiger partial charge in [0.05, 0.1) is 17.6 Å². The number of carbonyl (C=O) groups excluding carboxylic acids is 2. The Morgan fingerprint density at radius 3 is 2.13 bits per heavy atom. The van der Waals surface area contributed by atoms with Crippen molar-refractivity contribution in [1.29, 1.82) is 0 Å².